The van der Waals surface area contributed by atoms with E-state index in [0.29, 0.717) is 13.1 Å². The lowest BCUT2D eigenvalue weighted by Crippen LogP contribution is -2.67. The average Bonchev–Trinajstić information content (AvgIpc) is 2.84. The number of nitrogens with zero attached hydrogens (tertiary/aromatic N) is 4. The van der Waals surface area contributed by atoms with Crippen LogP contribution in [0.25, 0.3) is 11.1 Å². The minimum absolute atomic E-state index is 0.00934. The Bertz CT molecular complexity index is 1220. The molecule has 34 heavy (non-hydrogen) atoms. The molecule has 2 saturated heterocycles. The van der Waals surface area contributed by atoms with Gasteiger partial charge in [0.05, 0.1) is 11.5 Å². The third-order valence-corrected chi connectivity index (χ3v) is 8.85. The number of fused-ring (bicyclic) bond motifs is 1. The number of halogens is 1. The normalized spacial score (nSPS) is 24.0. The molecular weight excluding hydrogens is 455 g/mol. The van der Waals surface area contributed by atoms with Crippen LogP contribution >= 0.6 is 0 Å². The van der Waals surface area contributed by atoms with Crippen LogP contribution in [0.3, 0.4) is 0 Å². The summed E-state index contributed by atoms with van der Waals surface area (Å²) in [6.45, 7) is 1.60. The molecule has 1 N–H and O–H groups in total. The van der Waals surface area contributed by atoms with Crippen molar-refractivity contribution < 1.29 is 17.9 Å². The smallest absolute Gasteiger partial charge is 0.243 e. The van der Waals surface area contributed by atoms with Gasteiger partial charge in [-0.05, 0) is 54.8 Å². The molecule has 178 valence electrons. The molecular formula is C25H27FN4O3S. The number of hydrogen-bond acceptors (Lipinski definition) is 6. The molecule has 1 aromatic heterocycles. The Labute approximate surface area is 198 Å². The molecule has 0 amide bonds. The molecule has 0 aliphatic carbocycles. The Morgan fingerprint density at radius 3 is 2.29 bits per heavy atom. The molecule has 0 unspecified atom stereocenters. The maximum Gasteiger partial charge on any atom is 0.243 e. The highest BCUT2D eigenvalue weighted by Gasteiger charge is 2.50. The molecule has 0 spiro atoms. The topological polar surface area (TPSA) is 86.6 Å². The first kappa shape index (κ1) is 23.0. The van der Waals surface area contributed by atoms with Gasteiger partial charge in [0, 0.05) is 49.0 Å². The van der Waals surface area contributed by atoms with Crippen LogP contribution in [0.1, 0.15) is 24.3 Å². The summed E-state index contributed by atoms with van der Waals surface area (Å²) >= 11 is 0. The predicted molar refractivity (Wildman–Crippen MR) is 126 cm³/mol. The van der Waals surface area contributed by atoms with Gasteiger partial charge >= 0.3 is 0 Å². The zero-order valence-electron chi connectivity index (χ0n) is 18.7. The quantitative estimate of drug-likeness (QED) is 0.602. The van der Waals surface area contributed by atoms with E-state index in [2.05, 4.69) is 14.9 Å². The standard InChI is InChI=1S/C25H27FN4O3S/c26-21-7-9-22(10-8-21)34(32,33)29-11-1-2-12-30-23(15-29)25(24(30)16-31)19-5-3-18(4-6-19)20-13-27-17-28-14-20/h3-10,13-14,17,23-25,31H,1-2,11-12,15-16H2/t23-,24+,25+/m0/s1. The SMILES string of the molecule is O=S(=O)(c1ccc(F)cc1)N1CCCCN2[C@H](CO)[C@H](c3ccc(-c4cncnc4)cc3)[C@@H]2C1. The minimum Gasteiger partial charge on any atom is -0.395 e. The van der Waals surface area contributed by atoms with Crippen LogP contribution in [0.5, 0.6) is 0 Å². The van der Waals surface area contributed by atoms with E-state index in [1.165, 1.54) is 34.9 Å². The first-order chi connectivity index (χ1) is 16.5. The van der Waals surface area contributed by atoms with Gasteiger partial charge in [0.2, 0.25) is 10.0 Å². The molecule has 7 nitrogen and oxygen atoms in total. The van der Waals surface area contributed by atoms with Crippen molar-refractivity contribution in [3.8, 4) is 11.1 Å². The Hall–Kier alpha value is -2.72. The summed E-state index contributed by atoms with van der Waals surface area (Å²) in [6, 6.07) is 13.0. The lowest BCUT2D eigenvalue weighted by Gasteiger charge is -2.57. The van der Waals surface area contributed by atoms with E-state index in [0.717, 1.165) is 36.1 Å². The van der Waals surface area contributed by atoms with E-state index in [1.807, 2.05) is 24.3 Å². The van der Waals surface area contributed by atoms with Gasteiger partial charge in [0.1, 0.15) is 12.1 Å². The van der Waals surface area contributed by atoms with Gasteiger partial charge in [-0.3, -0.25) is 4.90 Å². The Morgan fingerprint density at radius 2 is 1.62 bits per heavy atom. The van der Waals surface area contributed by atoms with Crippen LogP contribution in [-0.4, -0.2) is 71.0 Å². The summed E-state index contributed by atoms with van der Waals surface area (Å²) in [4.78, 5) is 10.5. The molecule has 2 aliphatic heterocycles. The van der Waals surface area contributed by atoms with Crippen molar-refractivity contribution in [2.45, 2.75) is 35.7 Å². The van der Waals surface area contributed by atoms with Crippen molar-refractivity contribution >= 4 is 10.0 Å². The van der Waals surface area contributed by atoms with E-state index >= 15 is 0 Å². The maximum atomic E-state index is 13.4. The molecule has 0 saturated carbocycles. The Balaban J connectivity index is 1.42. The van der Waals surface area contributed by atoms with Crippen LogP contribution in [0, 0.1) is 5.82 Å². The number of rotatable bonds is 5. The molecule has 2 aliphatic rings. The third kappa shape index (κ3) is 4.24. The van der Waals surface area contributed by atoms with Gasteiger partial charge < -0.3 is 5.11 Å². The highest BCUT2D eigenvalue weighted by molar-refractivity contribution is 7.89. The number of aliphatic hydroxyl groups is 1. The van der Waals surface area contributed by atoms with E-state index in [-0.39, 0.29) is 29.5 Å². The molecule has 0 radical (unpaired) electrons. The van der Waals surface area contributed by atoms with Gasteiger partial charge in [-0.15, -0.1) is 0 Å². The molecule has 3 aromatic rings. The van der Waals surface area contributed by atoms with Gasteiger partial charge in [0.25, 0.3) is 0 Å². The van der Waals surface area contributed by atoms with Crippen molar-refractivity contribution in [3.63, 3.8) is 0 Å². The third-order valence-electron chi connectivity index (χ3n) is 6.97. The fraction of sp³-hybridized carbons (Fsp3) is 0.360. The Kier molecular flexibility index (Phi) is 6.44. The van der Waals surface area contributed by atoms with Gasteiger partial charge in [0.15, 0.2) is 0 Å². The second kappa shape index (κ2) is 9.50. The zero-order chi connectivity index (χ0) is 23.7. The fourth-order valence-electron chi connectivity index (χ4n) is 5.23. The first-order valence-corrected chi connectivity index (χ1v) is 12.9. The summed E-state index contributed by atoms with van der Waals surface area (Å²) in [7, 11) is -3.75. The van der Waals surface area contributed by atoms with Gasteiger partial charge in [-0.25, -0.2) is 22.8 Å². The lowest BCUT2D eigenvalue weighted by molar-refractivity contribution is -0.0553. The van der Waals surface area contributed by atoms with Gasteiger partial charge in [-0.1, -0.05) is 24.3 Å². The minimum atomic E-state index is -3.75. The molecule has 9 heteroatoms. The largest absolute Gasteiger partial charge is 0.395 e. The summed E-state index contributed by atoms with van der Waals surface area (Å²) in [6.07, 6.45) is 6.60. The maximum absolute atomic E-state index is 13.4. The monoisotopic (exact) mass is 482 g/mol. The van der Waals surface area contributed by atoms with Crippen LogP contribution in [0.15, 0.2) is 72.1 Å². The highest BCUT2D eigenvalue weighted by Crippen LogP contribution is 2.43. The molecule has 0 bridgehead atoms. The van der Waals surface area contributed by atoms with Crippen LogP contribution in [0.2, 0.25) is 0 Å². The van der Waals surface area contributed by atoms with Crippen molar-refractivity contribution in [3.05, 3.63) is 78.6 Å². The fourth-order valence-corrected chi connectivity index (χ4v) is 6.73. The van der Waals surface area contributed by atoms with Gasteiger partial charge in [-0.2, -0.15) is 4.31 Å². The van der Waals surface area contributed by atoms with E-state index in [9.17, 15) is 17.9 Å². The summed E-state index contributed by atoms with van der Waals surface area (Å²) < 4.78 is 41.6. The number of aromatic nitrogens is 2. The summed E-state index contributed by atoms with van der Waals surface area (Å²) in [5, 5.41) is 10.2. The summed E-state index contributed by atoms with van der Waals surface area (Å²) in [5.74, 6) is -0.455. The second-order valence-corrected chi connectivity index (χ2v) is 10.8. The van der Waals surface area contributed by atoms with Crippen LogP contribution < -0.4 is 0 Å². The molecule has 3 heterocycles. The van der Waals surface area contributed by atoms with E-state index < -0.39 is 15.8 Å². The van der Waals surface area contributed by atoms with Crippen molar-refractivity contribution in [2.75, 3.05) is 26.2 Å². The zero-order valence-corrected chi connectivity index (χ0v) is 19.5. The molecule has 2 aromatic carbocycles. The highest BCUT2D eigenvalue weighted by atomic mass is 32.2. The Morgan fingerprint density at radius 1 is 0.941 bits per heavy atom. The molecule has 2 fully saturated rings. The van der Waals surface area contributed by atoms with E-state index in [1.54, 1.807) is 12.4 Å². The number of benzene rings is 2. The summed E-state index contributed by atoms with van der Waals surface area (Å²) in [5.41, 5.74) is 2.99. The van der Waals surface area contributed by atoms with Crippen molar-refractivity contribution in [2.24, 2.45) is 0 Å². The van der Waals surface area contributed by atoms with Crippen LogP contribution in [-0.2, 0) is 10.0 Å². The number of hydrogen-bond donors (Lipinski definition) is 1. The van der Waals surface area contributed by atoms with Crippen LogP contribution in [0.4, 0.5) is 4.39 Å². The molecule has 5 rings (SSSR count). The van der Waals surface area contributed by atoms with E-state index in [4.69, 9.17) is 0 Å². The molecule has 3 atom stereocenters. The lowest BCUT2D eigenvalue weighted by atomic mass is 9.74. The second-order valence-electron chi connectivity index (χ2n) is 8.85. The van der Waals surface area contributed by atoms with Crippen molar-refractivity contribution in [1.29, 1.82) is 0 Å². The predicted octanol–water partition coefficient (Wildman–Crippen LogP) is 2.90. The van der Waals surface area contributed by atoms with Crippen molar-refractivity contribution in [1.82, 2.24) is 19.2 Å². The number of sulfonamides is 1. The first-order valence-electron chi connectivity index (χ1n) is 11.5. The average molecular weight is 483 g/mol. The number of aliphatic hydroxyl groups excluding tert-OH is 1.